The highest BCUT2D eigenvalue weighted by Crippen LogP contribution is 2.11. The summed E-state index contributed by atoms with van der Waals surface area (Å²) in [6.07, 6.45) is 1.26. The number of rotatable bonds is 6. The van der Waals surface area contributed by atoms with Crippen molar-refractivity contribution in [3.63, 3.8) is 0 Å². The Bertz CT molecular complexity index is 394. The van der Waals surface area contributed by atoms with E-state index in [9.17, 15) is 5.11 Å². The van der Waals surface area contributed by atoms with Crippen LogP contribution in [0.1, 0.15) is 19.4 Å². The van der Waals surface area contributed by atoms with E-state index >= 15 is 0 Å². The van der Waals surface area contributed by atoms with Crippen LogP contribution in [0, 0.1) is 0 Å². The highest BCUT2D eigenvalue weighted by Gasteiger charge is 2.19. The number of nitrogens with one attached hydrogen (secondary N) is 1. The number of likely N-dealkylation sites (N-methyl/N-ethyl adjacent to an activating group) is 1. The topological polar surface area (TPSA) is 44.7 Å². The van der Waals surface area contributed by atoms with E-state index in [1.165, 1.54) is 5.56 Å². The van der Waals surface area contributed by atoms with Crippen LogP contribution in [0.3, 0.4) is 0 Å². The Morgan fingerprint density at radius 1 is 1.40 bits per heavy atom. The lowest BCUT2D eigenvalue weighted by molar-refractivity contribution is -0.0261. The number of nitrogens with zero attached hydrogens (tertiary/aromatic N) is 1. The van der Waals surface area contributed by atoms with Gasteiger partial charge in [0.1, 0.15) is 5.75 Å². The van der Waals surface area contributed by atoms with E-state index in [-0.39, 0.29) is 0 Å². The minimum Gasteiger partial charge on any atom is -0.508 e. The third-order valence-corrected chi connectivity index (χ3v) is 3.84. The van der Waals surface area contributed by atoms with E-state index in [0.717, 1.165) is 39.2 Å². The van der Waals surface area contributed by atoms with Crippen molar-refractivity contribution in [2.75, 3.05) is 32.8 Å². The zero-order valence-corrected chi connectivity index (χ0v) is 12.5. The lowest BCUT2D eigenvalue weighted by Gasteiger charge is -2.32. The summed E-state index contributed by atoms with van der Waals surface area (Å²) >= 11 is 0. The zero-order chi connectivity index (χ0) is 14.4. The van der Waals surface area contributed by atoms with Crippen molar-refractivity contribution in [3.8, 4) is 5.75 Å². The molecule has 4 nitrogen and oxygen atoms in total. The number of phenolic OH excluding ortho intramolecular Hbond substituents is 1. The minimum absolute atomic E-state index is 0.297. The Kier molecular flexibility index (Phi) is 5.83. The number of aromatic hydroxyl groups is 1. The van der Waals surface area contributed by atoms with Crippen LogP contribution in [0.25, 0.3) is 0 Å². The molecule has 20 heavy (non-hydrogen) atoms. The van der Waals surface area contributed by atoms with Crippen LogP contribution in [0.15, 0.2) is 24.3 Å². The first-order chi connectivity index (χ1) is 9.67. The maximum atomic E-state index is 9.28. The van der Waals surface area contributed by atoms with Crippen molar-refractivity contribution < 1.29 is 9.84 Å². The van der Waals surface area contributed by atoms with Crippen molar-refractivity contribution in [1.82, 2.24) is 10.2 Å². The maximum Gasteiger partial charge on any atom is 0.115 e. The average Bonchev–Trinajstić information content (AvgIpc) is 2.48. The van der Waals surface area contributed by atoms with Crippen molar-refractivity contribution >= 4 is 0 Å². The Hall–Kier alpha value is -1.10. The van der Waals surface area contributed by atoms with Gasteiger partial charge in [0.15, 0.2) is 0 Å². The van der Waals surface area contributed by atoms with Gasteiger partial charge in [0.25, 0.3) is 0 Å². The molecule has 0 aromatic heterocycles. The first-order valence-electron chi connectivity index (χ1n) is 7.52. The van der Waals surface area contributed by atoms with Crippen molar-refractivity contribution in [1.29, 1.82) is 0 Å². The van der Waals surface area contributed by atoms with E-state index in [1.54, 1.807) is 12.1 Å². The van der Waals surface area contributed by atoms with Gasteiger partial charge in [0.2, 0.25) is 0 Å². The van der Waals surface area contributed by atoms with Gasteiger partial charge in [-0.1, -0.05) is 19.1 Å². The molecule has 0 radical (unpaired) electrons. The van der Waals surface area contributed by atoms with Gasteiger partial charge in [-0.2, -0.15) is 0 Å². The third kappa shape index (κ3) is 4.78. The van der Waals surface area contributed by atoms with E-state index in [0.29, 0.717) is 17.9 Å². The average molecular weight is 278 g/mol. The van der Waals surface area contributed by atoms with Crippen LogP contribution < -0.4 is 5.32 Å². The van der Waals surface area contributed by atoms with Crippen molar-refractivity contribution in [2.45, 2.75) is 32.4 Å². The molecule has 112 valence electrons. The van der Waals surface area contributed by atoms with Crippen LogP contribution >= 0.6 is 0 Å². The second-order valence-electron chi connectivity index (χ2n) is 5.57. The molecule has 1 aromatic rings. The van der Waals surface area contributed by atoms with E-state index < -0.39 is 0 Å². The van der Waals surface area contributed by atoms with Crippen molar-refractivity contribution in [3.05, 3.63) is 29.8 Å². The molecule has 2 unspecified atom stereocenters. The summed E-state index contributed by atoms with van der Waals surface area (Å²) in [6, 6.07) is 7.84. The molecule has 1 aliphatic heterocycles. The molecule has 0 amide bonds. The molecule has 0 aliphatic carbocycles. The quantitative estimate of drug-likeness (QED) is 0.830. The molecule has 1 saturated heterocycles. The summed E-state index contributed by atoms with van der Waals surface area (Å²) in [6.45, 7) is 9.30. The van der Waals surface area contributed by atoms with E-state index in [4.69, 9.17) is 4.74 Å². The molecule has 2 rings (SSSR count). The van der Waals surface area contributed by atoms with Gasteiger partial charge in [0.05, 0.1) is 12.7 Å². The Morgan fingerprint density at radius 3 is 2.85 bits per heavy atom. The van der Waals surface area contributed by atoms with Crippen LogP contribution in [0.5, 0.6) is 5.75 Å². The van der Waals surface area contributed by atoms with Gasteiger partial charge in [0, 0.05) is 25.7 Å². The molecule has 0 saturated carbocycles. The number of morpholine rings is 1. The number of phenols is 1. The molecule has 2 atom stereocenters. The van der Waals surface area contributed by atoms with E-state index in [1.807, 2.05) is 12.1 Å². The van der Waals surface area contributed by atoms with Crippen LogP contribution in [-0.4, -0.2) is 54.9 Å². The number of hydrogen-bond donors (Lipinski definition) is 2. The molecule has 0 spiro atoms. The maximum absolute atomic E-state index is 9.28. The summed E-state index contributed by atoms with van der Waals surface area (Å²) in [5.74, 6) is 0.324. The predicted octanol–water partition coefficient (Wildman–Crippen LogP) is 1.63. The molecular weight excluding hydrogens is 252 g/mol. The lowest BCUT2D eigenvalue weighted by atomic mass is 10.1. The largest absolute Gasteiger partial charge is 0.508 e. The number of hydrogen-bond acceptors (Lipinski definition) is 4. The summed E-state index contributed by atoms with van der Waals surface area (Å²) in [5.41, 5.74) is 1.24. The molecule has 1 fully saturated rings. The van der Waals surface area contributed by atoms with Gasteiger partial charge >= 0.3 is 0 Å². The van der Waals surface area contributed by atoms with E-state index in [2.05, 4.69) is 24.1 Å². The van der Waals surface area contributed by atoms with Gasteiger partial charge in [-0.15, -0.1) is 0 Å². The summed E-state index contributed by atoms with van der Waals surface area (Å²) in [7, 11) is 0. The summed E-state index contributed by atoms with van der Waals surface area (Å²) in [5, 5.41) is 12.8. The van der Waals surface area contributed by atoms with Crippen LogP contribution in [-0.2, 0) is 11.2 Å². The fourth-order valence-corrected chi connectivity index (χ4v) is 2.58. The first-order valence-corrected chi connectivity index (χ1v) is 7.52. The summed E-state index contributed by atoms with van der Waals surface area (Å²) in [4.78, 5) is 2.43. The highest BCUT2D eigenvalue weighted by molar-refractivity contribution is 5.26. The second kappa shape index (κ2) is 7.62. The van der Waals surface area contributed by atoms with Gasteiger partial charge < -0.3 is 15.2 Å². The monoisotopic (exact) mass is 278 g/mol. The molecule has 1 heterocycles. The lowest BCUT2D eigenvalue weighted by Crippen LogP contribution is -2.47. The van der Waals surface area contributed by atoms with Gasteiger partial charge in [-0.3, -0.25) is 4.90 Å². The predicted molar refractivity (Wildman–Crippen MR) is 81.1 cm³/mol. The normalized spacial score (nSPS) is 21.8. The zero-order valence-electron chi connectivity index (χ0n) is 12.5. The van der Waals surface area contributed by atoms with Gasteiger partial charge in [-0.25, -0.2) is 0 Å². The standard InChI is InChI=1S/C16H26N2O2/c1-3-18-8-9-20-16(12-18)11-17-13(2)10-14-4-6-15(19)7-5-14/h4-7,13,16-17,19H,3,8-12H2,1-2H3. The molecule has 1 aliphatic rings. The SMILES string of the molecule is CCN1CCOC(CNC(C)Cc2ccc(O)cc2)C1. The molecular formula is C16H26N2O2. The Balaban J connectivity index is 1.71. The fourth-order valence-electron chi connectivity index (χ4n) is 2.58. The second-order valence-corrected chi connectivity index (χ2v) is 5.57. The fraction of sp³-hybridized carbons (Fsp3) is 0.625. The highest BCUT2D eigenvalue weighted by atomic mass is 16.5. The minimum atomic E-state index is 0.297. The number of ether oxygens (including phenoxy) is 1. The smallest absolute Gasteiger partial charge is 0.115 e. The first kappa shape index (κ1) is 15.3. The Morgan fingerprint density at radius 2 is 2.15 bits per heavy atom. The summed E-state index contributed by atoms with van der Waals surface area (Å²) < 4.78 is 5.79. The molecule has 0 bridgehead atoms. The van der Waals surface area contributed by atoms with Crippen molar-refractivity contribution in [2.24, 2.45) is 0 Å². The Labute approximate surface area is 121 Å². The molecule has 4 heteroatoms. The van der Waals surface area contributed by atoms with Gasteiger partial charge in [-0.05, 0) is 37.6 Å². The molecule has 1 aromatic carbocycles. The third-order valence-electron chi connectivity index (χ3n) is 3.84. The molecule has 2 N–H and O–H groups in total. The van der Waals surface area contributed by atoms with Crippen LogP contribution in [0.4, 0.5) is 0 Å². The van der Waals surface area contributed by atoms with Crippen LogP contribution in [0.2, 0.25) is 0 Å². The number of benzene rings is 1.